The number of thioether (sulfide) groups is 1. The van der Waals surface area contributed by atoms with E-state index in [2.05, 4.69) is 28.2 Å². The van der Waals surface area contributed by atoms with Crippen LogP contribution in [0.3, 0.4) is 0 Å². The second-order valence-corrected chi connectivity index (χ2v) is 6.05. The van der Waals surface area contributed by atoms with Gasteiger partial charge in [0.2, 0.25) is 0 Å². The van der Waals surface area contributed by atoms with Crippen molar-refractivity contribution in [2.75, 3.05) is 18.6 Å². The van der Waals surface area contributed by atoms with Gasteiger partial charge >= 0.3 is 0 Å². The van der Waals surface area contributed by atoms with E-state index >= 15 is 0 Å². The third-order valence-corrected chi connectivity index (χ3v) is 4.20. The van der Waals surface area contributed by atoms with Crippen LogP contribution in [0.25, 0.3) is 0 Å². The van der Waals surface area contributed by atoms with Gasteiger partial charge in [-0.25, -0.2) is 0 Å². The molecule has 1 atom stereocenters. The minimum atomic E-state index is -0.0787. The Morgan fingerprint density at radius 1 is 1.56 bits per heavy atom. The standard InChI is InChI=1S/C13H18BrNO2S/c1-4-18-8-9(2)15-13(16)11-7-10(17-3)5-6-12(11)14/h5-7,9H,4,8H2,1-3H3,(H,15,16). The molecule has 1 unspecified atom stereocenters. The SMILES string of the molecule is CCSCC(C)NC(=O)c1cc(OC)ccc1Br. The molecule has 0 aliphatic carbocycles. The fraction of sp³-hybridized carbons (Fsp3) is 0.462. The molecule has 5 heteroatoms. The van der Waals surface area contributed by atoms with Gasteiger partial charge in [0.05, 0.1) is 12.7 Å². The van der Waals surface area contributed by atoms with Crippen molar-refractivity contribution in [1.82, 2.24) is 5.32 Å². The summed E-state index contributed by atoms with van der Waals surface area (Å²) < 4.78 is 5.90. The number of methoxy groups -OCH3 is 1. The molecule has 18 heavy (non-hydrogen) atoms. The van der Waals surface area contributed by atoms with Crippen LogP contribution in [0.15, 0.2) is 22.7 Å². The molecule has 0 aliphatic rings. The van der Waals surface area contributed by atoms with Gasteiger partial charge < -0.3 is 10.1 Å². The molecule has 3 nitrogen and oxygen atoms in total. The van der Waals surface area contributed by atoms with Crippen LogP contribution < -0.4 is 10.1 Å². The van der Waals surface area contributed by atoms with E-state index in [1.54, 1.807) is 13.2 Å². The fourth-order valence-electron chi connectivity index (χ4n) is 1.44. The Balaban J connectivity index is 2.71. The van der Waals surface area contributed by atoms with Crippen LogP contribution in [0, 0.1) is 0 Å². The smallest absolute Gasteiger partial charge is 0.252 e. The number of ether oxygens (including phenoxy) is 1. The number of hydrogen-bond acceptors (Lipinski definition) is 3. The van der Waals surface area contributed by atoms with E-state index in [1.165, 1.54) is 0 Å². The molecule has 0 spiro atoms. The molecule has 0 heterocycles. The van der Waals surface area contributed by atoms with E-state index in [0.29, 0.717) is 11.3 Å². The molecule has 0 aliphatic heterocycles. The lowest BCUT2D eigenvalue weighted by atomic mass is 10.2. The van der Waals surface area contributed by atoms with Gasteiger partial charge in [0, 0.05) is 16.3 Å². The van der Waals surface area contributed by atoms with E-state index in [4.69, 9.17) is 4.74 Å². The highest BCUT2D eigenvalue weighted by Gasteiger charge is 2.13. The number of halogens is 1. The van der Waals surface area contributed by atoms with Crippen LogP contribution in [0.1, 0.15) is 24.2 Å². The van der Waals surface area contributed by atoms with Crippen molar-refractivity contribution in [3.63, 3.8) is 0 Å². The molecule has 100 valence electrons. The fourth-order valence-corrected chi connectivity index (χ4v) is 2.54. The van der Waals surface area contributed by atoms with Crippen molar-refractivity contribution in [3.05, 3.63) is 28.2 Å². The van der Waals surface area contributed by atoms with Crippen LogP contribution in [0.2, 0.25) is 0 Å². The first kappa shape index (κ1) is 15.4. The summed E-state index contributed by atoms with van der Waals surface area (Å²) in [7, 11) is 1.59. The first-order valence-electron chi connectivity index (χ1n) is 5.80. The van der Waals surface area contributed by atoms with E-state index in [9.17, 15) is 4.79 Å². The molecule has 0 aromatic heterocycles. The zero-order valence-corrected chi connectivity index (χ0v) is 13.2. The van der Waals surface area contributed by atoms with Gasteiger partial charge in [-0.2, -0.15) is 11.8 Å². The van der Waals surface area contributed by atoms with Gasteiger partial charge in [0.15, 0.2) is 0 Å². The van der Waals surface area contributed by atoms with Gasteiger partial charge in [0.1, 0.15) is 5.75 Å². The minimum Gasteiger partial charge on any atom is -0.497 e. The van der Waals surface area contributed by atoms with Crippen LogP contribution in [-0.2, 0) is 0 Å². The average Bonchev–Trinajstić information content (AvgIpc) is 2.36. The molecule has 1 aromatic rings. The summed E-state index contributed by atoms with van der Waals surface area (Å²) in [6.45, 7) is 4.12. The van der Waals surface area contributed by atoms with Crippen LogP contribution in [-0.4, -0.2) is 30.6 Å². The maximum Gasteiger partial charge on any atom is 0.252 e. The Hall–Kier alpha value is -0.680. The highest BCUT2D eigenvalue weighted by atomic mass is 79.9. The molecular formula is C13H18BrNO2S. The summed E-state index contributed by atoms with van der Waals surface area (Å²) >= 11 is 5.20. The van der Waals surface area contributed by atoms with Crippen molar-refractivity contribution in [1.29, 1.82) is 0 Å². The second-order valence-electron chi connectivity index (χ2n) is 3.88. The number of nitrogens with one attached hydrogen (secondary N) is 1. The summed E-state index contributed by atoms with van der Waals surface area (Å²) in [4.78, 5) is 12.1. The molecule has 0 saturated heterocycles. The van der Waals surface area contributed by atoms with Crippen molar-refractivity contribution in [3.8, 4) is 5.75 Å². The first-order valence-corrected chi connectivity index (χ1v) is 7.75. The Bertz CT molecular complexity index is 412. The lowest BCUT2D eigenvalue weighted by Gasteiger charge is -2.14. The summed E-state index contributed by atoms with van der Waals surface area (Å²) in [5, 5.41) is 2.98. The summed E-state index contributed by atoms with van der Waals surface area (Å²) in [6.07, 6.45) is 0. The molecule has 0 fully saturated rings. The molecule has 0 bridgehead atoms. The van der Waals surface area contributed by atoms with Gasteiger partial charge in [-0.1, -0.05) is 6.92 Å². The predicted octanol–water partition coefficient (Wildman–Crippen LogP) is 3.33. The number of carbonyl (C=O) groups is 1. The third kappa shape index (κ3) is 4.53. The van der Waals surface area contributed by atoms with Crippen LogP contribution >= 0.6 is 27.7 Å². The maximum atomic E-state index is 12.1. The number of benzene rings is 1. The highest BCUT2D eigenvalue weighted by molar-refractivity contribution is 9.10. The average molecular weight is 332 g/mol. The lowest BCUT2D eigenvalue weighted by Crippen LogP contribution is -2.34. The summed E-state index contributed by atoms with van der Waals surface area (Å²) in [6, 6.07) is 5.52. The molecule has 1 aromatic carbocycles. The monoisotopic (exact) mass is 331 g/mol. The topological polar surface area (TPSA) is 38.3 Å². The molecule has 0 radical (unpaired) electrons. The molecule has 0 saturated carbocycles. The van der Waals surface area contributed by atoms with Gasteiger partial charge in [0.25, 0.3) is 5.91 Å². The summed E-state index contributed by atoms with van der Waals surface area (Å²) in [5.74, 6) is 2.58. The number of rotatable bonds is 6. The Morgan fingerprint density at radius 2 is 2.28 bits per heavy atom. The minimum absolute atomic E-state index is 0.0787. The third-order valence-electron chi connectivity index (χ3n) is 2.37. The van der Waals surface area contributed by atoms with E-state index < -0.39 is 0 Å². The van der Waals surface area contributed by atoms with Crippen molar-refractivity contribution < 1.29 is 9.53 Å². The Kier molecular flexibility index (Phi) is 6.57. The molecule has 1 amide bonds. The Labute approximate surface area is 121 Å². The first-order chi connectivity index (χ1) is 8.58. The number of amides is 1. The van der Waals surface area contributed by atoms with E-state index in [1.807, 2.05) is 30.8 Å². The van der Waals surface area contributed by atoms with Crippen LogP contribution in [0.4, 0.5) is 0 Å². The second kappa shape index (κ2) is 7.69. The van der Waals surface area contributed by atoms with Gasteiger partial charge in [-0.3, -0.25) is 4.79 Å². The number of hydrogen-bond donors (Lipinski definition) is 1. The quantitative estimate of drug-likeness (QED) is 0.868. The zero-order chi connectivity index (χ0) is 13.5. The van der Waals surface area contributed by atoms with E-state index in [0.717, 1.165) is 16.0 Å². The van der Waals surface area contributed by atoms with E-state index in [-0.39, 0.29) is 11.9 Å². The predicted molar refractivity (Wildman–Crippen MR) is 80.6 cm³/mol. The highest BCUT2D eigenvalue weighted by Crippen LogP contribution is 2.22. The van der Waals surface area contributed by atoms with Crippen molar-refractivity contribution >= 4 is 33.6 Å². The largest absolute Gasteiger partial charge is 0.497 e. The molecule has 1 N–H and O–H groups in total. The van der Waals surface area contributed by atoms with Crippen LogP contribution in [0.5, 0.6) is 5.75 Å². The van der Waals surface area contributed by atoms with Crippen molar-refractivity contribution in [2.45, 2.75) is 19.9 Å². The number of carbonyl (C=O) groups excluding carboxylic acids is 1. The van der Waals surface area contributed by atoms with Crippen molar-refractivity contribution in [2.24, 2.45) is 0 Å². The summed E-state index contributed by atoms with van der Waals surface area (Å²) in [5.41, 5.74) is 0.600. The Morgan fingerprint density at radius 3 is 2.89 bits per heavy atom. The zero-order valence-electron chi connectivity index (χ0n) is 10.8. The lowest BCUT2D eigenvalue weighted by molar-refractivity contribution is 0.0942. The molecular weight excluding hydrogens is 314 g/mol. The van der Waals surface area contributed by atoms with Gasteiger partial charge in [-0.15, -0.1) is 0 Å². The van der Waals surface area contributed by atoms with Gasteiger partial charge in [-0.05, 0) is 46.8 Å². The molecule has 1 rings (SSSR count). The normalized spacial score (nSPS) is 12.0. The maximum absolute atomic E-state index is 12.1.